The van der Waals surface area contributed by atoms with Crippen LogP contribution < -0.4 is 0 Å². The molecule has 1 aromatic rings. The number of alkyl halides is 1. The average molecular weight is 308 g/mol. The van der Waals surface area contributed by atoms with Gasteiger partial charge in [-0.15, -0.1) is 11.6 Å². The van der Waals surface area contributed by atoms with E-state index in [1.54, 1.807) is 6.07 Å². The molecule has 0 unspecified atom stereocenters. The Hall–Kier alpha value is -0.560. The van der Waals surface area contributed by atoms with Gasteiger partial charge >= 0.3 is 0 Å². The lowest BCUT2D eigenvalue weighted by Crippen LogP contribution is -2.40. The van der Waals surface area contributed by atoms with Crippen LogP contribution in [0.2, 0.25) is 0 Å². The van der Waals surface area contributed by atoms with Crippen LogP contribution in [0.25, 0.3) is 0 Å². The maximum absolute atomic E-state index is 12.3. The van der Waals surface area contributed by atoms with Crippen LogP contribution in [0.15, 0.2) is 21.6 Å². The van der Waals surface area contributed by atoms with Gasteiger partial charge in [0.2, 0.25) is 5.09 Å². The van der Waals surface area contributed by atoms with E-state index < -0.39 is 10.0 Å². The molecule has 0 radical (unpaired) electrons. The molecule has 0 saturated carbocycles. The minimum Gasteiger partial charge on any atom is -0.447 e. The number of ether oxygens (including phenoxy) is 1. The summed E-state index contributed by atoms with van der Waals surface area (Å²) in [4.78, 5) is 0. The number of sulfonamides is 1. The fraction of sp³-hybridized carbons (Fsp3) is 0.667. The predicted molar refractivity (Wildman–Crippen MR) is 71.7 cm³/mol. The monoisotopic (exact) mass is 307 g/mol. The molecule has 1 saturated heterocycles. The standard InChI is InChI=1S/C12H18ClNO4S/c1-2-17-10-5-7-14(8-6-10)19(15,16)12-4-3-11(9-13)18-12/h3-4,10H,2,5-9H2,1H3. The molecule has 0 aliphatic carbocycles. The van der Waals surface area contributed by atoms with Gasteiger partial charge in [0.1, 0.15) is 5.76 Å². The van der Waals surface area contributed by atoms with Crippen LogP contribution in [0.1, 0.15) is 25.5 Å². The summed E-state index contributed by atoms with van der Waals surface area (Å²) in [6, 6.07) is 3.05. The van der Waals surface area contributed by atoms with E-state index in [-0.39, 0.29) is 17.1 Å². The van der Waals surface area contributed by atoms with E-state index in [0.717, 1.165) is 12.8 Å². The van der Waals surface area contributed by atoms with Crippen molar-refractivity contribution >= 4 is 21.6 Å². The van der Waals surface area contributed by atoms with Crippen molar-refractivity contribution in [2.24, 2.45) is 0 Å². The maximum atomic E-state index is 12.3. The molecule has 0 amide bonds. The van der Waals surface area contributed by atoms with Crippen molar-refractivity contribution in [3.8, 4) is 0 Å². The number of piperidine rings is 1. The van der Waals surface area contributed by atoms with E-state index in [0.29, 0.717) is 25.5 Å². The summed E-state index contributed by atoms with van der Waals surface area (Å²) in [7, 11) is -3.54. The quantitative estimate of drug-likeness (QED) is 0.783. The normalized spacial score (nSPS) is 18.8. The molecule has 0 bridgehead atoms. The second-order valence-electron chi connectivity index (χ2n) is 4.41. The van der Waals surface area contributed by atoms with Crippen molar-refractivity contribution in [1.29, 1.82) is 0 Å². The van der Waals surface area contributed by atoms with Gasteiger partial charge in [-0.05, 0) is 31.9 Å². The highest BCUT2D eigenvalue weighted by atomic mass is 35.5. The van der Waals surface area contributed by atoms with E-state index in [1.807, 2.05) is 6.92 Å². The summed E-state index contributed by atoms with van der Waals surface area (Å²) in [6.45, 7) is 3.53. The molecule has 0 spiro atoms. The summed E-state index contributed by atoms with van der Waals surface area (Å²) in [5.41, 5.74) is 0. The van der Waals surface area contributed by atoms with Crippen LogP contribution in [-0.2, 0) is 20.6 Å². The van der Waals surface area contributed by atoms with Crippen LogP contribution in [0.5, 0.6) is 0 Å². The molecule has 108 valence electrons. The Balaban J connectivity index is 2.05. The van der Waals surface area contributed by atoms with Crippen molar-refractivity contribution < 1.29 is 17.6 Å². The van der Waals surface area contributed by atoms with Crippen LogP contribution >= 0.6 is 11.6 Å². The number of furan rings is 1. The molecule has 1 aliphatic rings. The second kappa shape index (κ2) is 6.26. The smallest absolute Gasteiger partial charge is 0.276 e. The van der Waals surface area contributed by atoms with Gasteiger partial charge in [-0.3, -0.25) is 0 Å². The first-order chi connectivity index (χ1) is 9.07. The third-order valence-corrected chi connectivity index (χ3v) is 5.20. The van der Waals surface area contributed by atoms with Gasteiger partial charge in [-0.2, -0.15) is 4.31 Å². The molecule has 0 atom stereocenters. The molecule has 1 fully saturated rings. The third kappa shape index (κ3) is 3.31. The Kier molecular flexibility index (Phi) is 4.89. The lowest BCUT2D eigenvalue weighted by atomic mass is 10.1. The van der Waals surface area contributed by atoms with Crippen LogP contribution in [0, 0.1) is 0 Å². The fourth-order valence-electron chi connectivity index (χ4n) is 2.17. The lowest BCUT2D eigenvalue weighted by molar-refractivity contribution is 0.0288. The molecular weight excluding hydrogens is 290 g/mol. The van der Waals surface area contributed by atoms with Crippen molar-refractivity contribution in [3.63, 3.8) is 0 Å². The first-order valence-corrected chi connectivity index (χ1v) is 8.31. The highest BCUT2D eigenvalue weighted by molar-refractivity contribution is 7.89. The van der Waals surface area contributed by atoms with Crippen molar-refractivity contribution in [2.45, 2.75) is 36.8 Å². The summed E-state index contributed by atoms with van der Waals surface area (Å²) in [5, 5.41) is -0.0296. The highest BCUT2D eigenvalue weighted by Gasteiger charge is 2.31. The molecule has 1 aliphatic heterocycles. The molecule has 0 aromatic carbocycles. The van der Waals surface area contributed by atoms with Crippen molar-refractivity contribution in [2.75, 3.05) is 19.7 Å². The first kappa shape index (κ1) is 14.8. The molecule has 7 heteroatoms. The zero-order valence-electron chi connectivity index (χ0n) is 10.8. The second-order valence-corrected chi connectivity index (χ2v) is 6.55. The van der Waals surface area contributed by atoms with E-state index in [9.17, 15) is 8.42 Å². The largest absolute Gasteiger partial charge is 0.447 e. The SMILES string of the molecule is CCOC1CCN(S(=O)(=O)c2ccc(CCl)o2)CC1. The molecule has 2 rings (SSSR count). The Bertz CT molecular complexity index is 506. The van der Waals surface area contributed by atoms with Gasteiger partial charge in [0, 0.05) is 19.7 Å². The number of halogens is 1. The number of hydrogen-bond donors (Lipinski definition) is 0. The zero-order valence-corrected chi connectivity index (χ0v) is 12.4. The molecule has 0 N–H and O–H groups in total. The maximum Gasteiger partial charge on any atom is 0.276 e. The van der Waals surface area contributed by atoms with E-state index in [1.165, 1.54) is 10.4 Å². The predicted octanol–water partition coefficient (Wildman–Crippen LogP) is 2.21. The Labute approximate surface area is 118 Å². The van der Waals surface area contributed by atoms with Gasteiger partial charge in [0.25, 0.3) is 10.0 Å². The van der Waals surface area contributed by atoms with Gasteiger partial charge in [0.05, 0.1) is 12.0 Å². The van der Waals surface area contributed by atoms with E-state index in [4.69, 9.17) is 20.8 Å². The van der Waals surface area contributed by atoms with Crippen LogP contribution in [-0.4, -0.2) is 38.5 Å². The van der Waals surface area contributed by atoms with Gasteiger partial charge in [-0.25, -0.2) is 8.42 Å². The summed E-state index contributed by atoms with van der Waals surface area (Å²) in [6.07, 6.45) is 1.60. The molecule has 1 aromatic heterocycles. The Morgan fingerprint density at radius 2 is 2.11 bits per heavy atom. The van der Waals surface area contributed by atoms with Crippen LogP contribution in [0.4, 0.5) is 0 Å². The zero-order chi connectivity index (χ0) is 13.9. The van der Waals surface area contributed by atoms with Crippen molar-refractivity contribution in [1.82, 2.24) is 4.31 Å². The topological polar surface area (TPSA) is 59.8 Å². The molecular formula is C12H18ClNO4S. The number of rotatable bonds is 5. The van der Waals surface area contributed by atoms with Gasteiger partial charge in [0.15, 0.2) is 0 Å². The van der Waals surface area contributed by atoms with Gasteiger partial charge < -0.3 is 9.15 Å². The lowest BCUT2D eigenvalue weighted by Gasteiger charge is -2.30. The van der Waals surface area contributed by atoms with Gasteiger partial charge in [-0.1, -0.05) is 0 Å². The molecule has 19 heavy (non-hydrogen) atoms. The minimum absolute atomic E-state index is 0.0296. The van der Waals surface area contributed by atoms with E-state index in [2.05, 4.69) is 0 Å². The molecule has 5 nitrogen and oxygen atoms in total. The number of nitrogens with zero attached hydrogens (tertiary/aromatic N) is 1. The Morgan fingerprint density at radius 3 is 2.63 bits per heavy atom. The first-order valence-electron chi connectivity index (χ1n) is 6.34. The minimum atomic E-state index is -3.54. The summed E-state index contributed by atoms with van der Waals surface area (Å²) < 4.78 is 36.8. The Morgan fingerprint density at radius 1 is 1.42 bits per heavy atom. The molecule has 2 heterocycles. The van der Waals surface area contributed by atoms with Crippen molar-refractivity contribution in [3.05, 3.63) is 17.9 Å². The fourth-order valence-corrected chi connectivity index (χ4v) is 3.71. The summed E-state index contributed by atoms with van der Waals surface area (Å²) >= 11 is 5.61. The number of hydrogen-bond acceptors (Lipinski definition) is 4. The summed E-state index contributed by atoms with van der Waals surface area (Å²) in [5.74, 6) is 0.631. The van der Waals surface area contributed by atoms with Crippen LogP contribution in [0.3, 0.4) is 0 Å². The average Bonchev–Trinajstić information content (AvgIpc) is 2.89. The highest BCUT2D eigenvalue weighted by Crippen LogP contribution is 2.24. The third-order valence-electron chi connectivity index (χ3n) is 3.17. The van der Waals surface area contributed by atoms with E-state index >= 15 is 0 Å².